The summed E-state index contributed by atoms with van der Waals surface area (Å²) in [7, 11) is 1.72. The molecule has 0 atom stereocenters. The second-order valence-corrected chi connectivity index (χ2v) is 8.55. The number of ether oxygens (including phenoxy) is 1. The van der Waals surface area contributed by atoms with Gasteiger partial charge in [0.25, 0.3) is 0 Å². The number of imidazole rings is 1. The lowest BCUT2D eigenvalue weighted by Crippen LogP contribution is -2.42. The number of carbonyl (C=O) groups excluding carboxylic acids is 1. The third kappa shape index (κ3) is 3.63. The Kier molecular flexibility index (Phi) is 4.44. The molecule has 0 spiro atoms. The number of aromatic nitrogens is 3. The van der Waals surface area contributed by atoms with E-state index >= 15 is 0 Å². The molecular formula is C20H26N4O4. The summed E-state index contributed by atoms with van der Waals surface area (Å²) >= 11 is 0. The van der Waals surface area contributed by atoms with Crippen LogP contribution in [0, 0.1) is 5.92 Å². The van der Waals surface area contributed by atoms with Crippen molar-refractivity contribution in [2.45, 2.75) is 45.6 Å². The molecule has 8 nitrogen and oxygen atoms in total. The highest BCUT2D eigenvalue weighted by Crippen LogP contribution is 2.26. The summed E-state index contributed by atoms with van der Waals surface area (Å²) in [6, 6.07) is 3.70. The number of amides is 1. The van der Waals surface area contributed by atoms with Crippen LogP contribution in [-0.2, 0) is 18.2 Å². The van der Waals surface area contributed by atoms with Crippen molar-refractivity contribution in [1.82, 2.24) is 19.4 Å². The first-order chi connectivity index (χ1) is 13.2. The molecule has 8 heteroatoms. The van der Waals surface area contributed by atoms with Gasteiger partial charge in [0.05, 0.1) is 11.0 Å². The van der Waals surface area contributed by atoms with Crippen molar-refractivity contribution >= 4 is 28.2 Å². The Morgan fingerprint density at radius 1 is 1.32 bits per heavy atom. The number of fused-ring (bicyclic) bond motifs is 2. The summed E-state index contributed by atoms with van der Waals surface area (Å²) in [6.07, 6.45) is 2.29. The Morgan fingerprint density at radius 3 is 2.71 bits per heavy atom. The van der Waals surface area contributed by atoms with E-state index in [1.165, 1.54) is 0 Å². The van der Waals surface area contributed by atoms with Gasteiger partial charge in [0.2, 0.25) is 0 Å². The van der Waals surface area contributed by atoms with E-state index in [4.69, 9.17) is 9.15 Å². The van der Waals surface area contributed by atoms with Crippen LogP contribution >= 0.6 is 0 Å². The quantitative estimate of drug-likeness (QED) is 0.730. The van der Waals surface area contributed by atoms with Gasteiger partial charge in [0.15, 0.2) is 11.5 Å². The second kappa shape index (κ2) is 6.68. The lowest BCUT2D eigenvalue weighted by atomic mass is 9.94. The Balaban J connectivity index is 1.42. The van der Waals surface area contributed by atoms with Crippen LogP contribution in [0.5, 0.6) is 0 Å². The number of nitrogens with one attached hydrogen (secondary N) is 1. The van der Waals surface area contributed by atoms with Gasteiger partial charge in [0.1, 0.15) is 11.1 Å². The molecule has 1 fully saturated rings. The molecule has 0 bridgehead atoms. The molecule has 0 saturated carbocycles. The first-order valence-electron chi connectivity index (χ1n) is 9.66. The van der Waals surface area contributed by atoms with E-state index in [9.17, 15) is 9.59 Å². The standard InChI is InChI=1S/C20H26N4O4/c1-20(2,3)28-19(26)24-7-5-12(6-8-24)9-17-21-14-10-13-15(11-16(14)27-17)23(4)18(25)22-13/h10-12H,5-9H2,1-4H3,(H,22,25). The monoisotopic (exact) mass is 386 g/mol. The number of H-pyrrole nitrogens is 1. The lowest BCUT2D eigenvalue weighted by molar-refractivity contribution is 0.0182. The van der Waals surface area contributed by atoms with Gasteiger partial charge in [-0.15, -0.1) is 0 Å². The smallest absolute Gasteiger partial charge is 0.410 e. The molecule has 1 aliphatic heterocycles. The number of oxazole rings is 1. The van der Waals surface area contributed by atoms with Gasteiger partial charge in [-0.25, -0.2) is 14.6 Å². The molecule has 2 aromatic heterocycles. The predicted molar refractivity (Wildman–Crippen MR) is 105 cm³/mol. The number of piperidine rings is 1. The fraction of sp³-hybridized carbons (Fsp3) is 0.550. The van der Waals surface area contributed by atoms with Crippen LogP contribution < -0.4 is 5.69 Å². The maximum absolute atomic E-state index is 12.2. The molecule has 3 aromatic rings. The van der Waals surface area contributed by atoms with Crippen LogP contribution in [0.25, 0.3) is 22.1 Å². The average molecular weight is 386 g/mol. The molecular weight excluding hydrogens is 360 g/mol. The summed E-state index contributed by atoms with van der Waals surface area (Å²) in [6.45, 7) is 7.01. The Morgan fingerprint density at radius 2 is 2.04 bits per heavy atom. The van der Waals surface area contributed by atoms with E-state index in [-0.39, 0.29) is 11.8 Å². The van der Waals surface area contributed by atoms with Gasteiger partial charge in [-0.05, 0) is 45.6 Å². The SMILES string of the molecule is Cn1c(=O)[nH]c2cc3nc(CC4CCN(C(=O)OC(C)(C)C)CC4)oc3cc21. The largest absolute Gasteiger partial charge is 0.444 e. The predicted octanol–water partition coefficient (Wildman–Crippen LogP) is 3.20. The molecule has 1 saturated heterocycles. The van der Waals surface area contributed by atoms with E-state index in [2.05, 4.69) is 9.97 Å². The molecule has 0 radical (unpaired) electrons. The molecule has 3 heterocycles. The number of hydrogen-bond donors (Lipinski definition) is 1. The lowest BCUT2D eigenvalue weighted by Gasteiger charge is -2.33. The van der Waals surface area contributed by atoms with Gasteiger partial charge >= 0.3 is 11.8 Å². The minimum Gasteiger partial charge on any atom is -0.444 e. The van der Waals surface area contributed by atoms with Crippen LogP contribution in [0.2, 0.25) is 0 Å². The molecule has 1 aliphatic rings. The third-order valence-corrected chi connectivity index (χ3v) is 5.19. The van der Waals surface area contributed by atoms with Crippen molar-refractivity contribution in [3.05, 3.63) is 28.5 Å². The van der Waals surface area contributed by atoms with Crippen LogP contribution in [0.15, 0.2) is 21.3 Å². The molecule has 1 aromatic carbocycles. The van der Waals surface area contributed by atoms with Crippen LogP contribution in [0.4, 0.5) is 4.79 Å². The zero-order chi connectivity index (χ0) is 20.1. The number of rotatable bonds is 2. The van der Waals surface area contributed by atoms with Crippen LogP contribution in [0.3, 0.4) is 0 Å². The highest BCUT2D eigenvalue weighted by atomic mass is 16.6. The number of benzene rings is 1. The molecule has 0 aliphatic carbocycles. The minimum absolute atomic E-state index is 0.153. The Hall–Kier alpha value is -2.77. The van der Waals surface area contributed by atoms with Crippen molar-refractivity contribution in [1.29, 1.82) is 0 Å². The van der Waals surface area contributed by atoms with Gasteiger partial charge < -0.3 is 19.0 Å². The number of hydrogen-bond acceptors (Lipinski definition) is 5. The number of aromatic amines is 1. The van der Waals surface area contributed by atoms with Crippen molar-refractivity contribution in [3.8, 4) is 0 Å². The Bertz CT molecular complexity index is 1080. The van der Waals surface area contributed by atoms with Crippen molar-refractivity contribution < 1.29 is 13.9 Å². The molecule has 4 rings (SSSR count). The van der Waals surface area contributed by atoms with Gasteiger partial charge in [0, 0.05) is 32.6 Å². The Labute approximate surface area is 162 Å². The van der Waals surface area contributed by atoms with Crippen LogP contribution in [-0.4, -0.2) is 44.2 Å². The summed E-state index contributed by atoms with van der Waals surface area (Å²) in [5.74, 6) is 1.12. The van der Waals surface area contributed by atoms with E-state index < -0.39 is 5.60 Å². The summed E-state index contributed by atoms with van der Waals surface area (Å²) in [5.41, 5.74) is 2.36. The first kappa shape index (κ1) is 18.6. The highest BCUT2D eigenvalue weighted by molar-refractivity contribution is 5.90. The van der Waals surface area contributed by atoms with Crippen molar-refractivity contribution in [2.24, 2.45) is 13.0 Å². The van der Waals surface area contributed by atoms with E-state index in [0.29, 0.717) is 30.5 Å². The zero-order valence-electron chi connectivity index (χ0n) is 16.7. The summed E-state index contributed by atoms with van der Waals surface area (Å²) in [4.78, 5) is 33.1. The normalized spacial score (nSPS) is 16.2. The van der Waals surface area contributed by atoms with Crippen molar-refractivity contribution in [3.63, 3.8) is 0 Å². The third-order valence-electron chi connectivity index (χ3n) is 5.19. The molecule has 1 amide bonds. The molecule has 1 N–H and O–H groups in total. The maximum Gasteiger partial charge on any atom is 0.410 e. The van der Waals surface area contributed by atoms with E-state index in [1.807, 2.05) is 32.9 Å². The van der Waals surface area contributed by atoms with Gasteiger partial charge in [-0.3, -0.25) is 4.57 Å². The zero-order valence-corrected chi connectivity index (χ0v) is 16.7. The van der Waals surface area contributed by atoms with E-state index in [1.54, 1.807) is 16.5 Å². The summed E-state index contributed by atoms with van der Waals surface area (Å²) in [5, 5.41) is 0. The fourth-order valence-corrected chi connectivity index (χ4v) is 3.68. The molecule has 28 heavy (non-hydrogen) atoms. The van der Waals surface area contributed by atoms with Crippen LogP contribution in [0.1, 0.15) is 39.5 Å². The number of likely N-dealkylation sites (tertiary alicyclic amines) is 1. The first-order valence-corrected chi connectivity index (χ1v) is 9.66. The fourth-order valence-electron chi connectivity index (χ4n) is 3.68. The second-order valence-electron chi connectivity index (χ2n) is 8.55. The number of carbonyl (C=O) groups is 1. The minimum atomic E-state index is -0.472. The molecule has 0 unspecified atom stereocenters. The average Bonchev–Trinajstić information content (AvgIpc) is 3.12. The van der Waals surface area contributed by atoms with Crippen molar-refractivity contribution in [2.75, 3.05) is 13.1 Å². The number of aryl methyl sites for hydroxylation is 1. The molecule has 150 valence electrons. The van der Waals surface area contributed by atoms with Gasteiger partial charge in [-0.1, -0.05) is 0 Å². The topological polar surface area (TPSA) is 93.4 Å². The number of nitrogens with zero attached hydrogens (tertiary/aromatic N) is 3. The summed E-state index contributed by atoms with van der Waals surface area (Å²) < 4.78 is 12.9. The van der Waals surface area contributed by atoms with Gasteiger partial charge in [-0.2, -0.15) is 0 Å². The highest BCUT2D eigenvalue weighted by Gasteiger charge is 2.27. The maximum atomic E-state index is 12.2. The van der Waals surface area contributed by atoms with E-state index in [0.717, 1.165) is 35.8 Å².